The Morgan fingerprint density at radius 1 is 1.40 bits per heavy atom. The first-order chi connectivity index (χ1) is 13.9. The zero-order chi connectivity index (χ0) is 21.2. The quantitative estimate of drug-likeness (QED) is 0.142. The van der Waals surface area contributed by atoms with Crippen LogP contribution in [0.4, 0.5) is 0 Å². The zero-order valence-corrected chi connectivity index (χ0v) is 21.6. The van der Waals surface area contributed by atoms with Crippen LogP contribution in [0.15, 0.2) is 4.99 Å². The number of halogens is 1. The number of aromatic nitrogens is 1. The topological polar surface area (TPSA) is 99.1 Å². The van der Waals surface area contributed by atoms with Crippen LogP contribution in [0.3, 0.4) is 0 Å². The molecular weight excluding hydrogens is 517 g/mol. The average molecular weight is 554 g/mol. The number of hydrogen-bond donors (Lipinski definition) is 3. The Hall–Kier alpha value is -0.980. The molecule has 0 aliphatic carbocycles. The molecule has 1 atom stereocenters. The number of carbonyl (C=O) groups is 1. The van der Waals surface area contributed by atoms with Gasteiger partial charge in [-0.3, -0.25) is 4.99 Å². The van der Waals surface area contributed by atoms with Gasteiger partial charge in [-0.1, -0.05) is 0 Å². The SMILES string of the molecule is CCNC(=NCCCN1CCC(O)CC1)NC(C)c1nc(C)c(C(=O)OCC)s1.I. The third-order valence-corrected chi connectivity index (χ3v) is 6.12. The van der Waals surface area contributed by atoms with Gasteiger partial charge < -0.3 is 25.4 Å². The highest BCUT2D eigenvalue weighted by molar-refractivity contribution is 14.0. The summed E-state index contributed by atoms with van der Waals surface area (Å²) in [6.07, 6.45) is 2.58. The smallest absolute Gasteiger partial charge is 0.350 e. The first-order valence-electron chi connectivity index (χ1n) is 10.5. The summed E-state index contributed by atoms with van der Waals surface area (Å²) in [7, 11) is 0. The fourth-order valence-corrected chi connectivity index (χ4v) is 4.17. The van der Waals surface area contributed by atoms with Crippen LogP contribution in [0.5, 0.6) is 0 Å². The summed E-state index contributed by atoms with van der Waals surface area (Å²) in [5.74, 6) is 0.436. The van der Waals surface area contributed by atoms with Crippen molar-refractivity contribution < 1.29 is 14.6 Å². The van der Waals surface area contributed by atoms with E-state index in [0.717, 1.165) is 63.0 Å². The van der Waals surface area contributed by atoms with Gasteiger partial charge in [-0.2, -0.15) is 0 Å². The minimum absolute atomic E-state index is 0. The number of aryl methyl sites for hydroxylation is 1. The van der Waals surface area contributed by atoms with E-state index in [2.05, 4.69) is 25.5 Å². The predicted molar refractivity (Wildman–Crippen MR) is 132 cm³/mol. The molecule has 1 aromatic heterocycles. The number of aliphatic imine (C=N–C) groups is 1. The molecule has 30 heavy (non-hydrogen) atoms. The number of rotatable bonds is 9. The van der Waals surface area contributed by atoms with Crippen molar-refractivity contribution >= 4 is 47.2 Å². The number of piperidine rings is 1. The number of hydrogen-bond acceptors (Lipinski definition) is 7. The molecule has 3 N–H and O–H groups in total. The molecule has 0 amide bonds. The van der Waals surface area contributed by atoms with E-state index in [4.69, 9.17) is 4.74 Å². The average Bonchev–Trinajstić information content (AvgIpc) is 3.09. The summed E-state index contributed by atoms with van der Waals surface area (Å²) < 4.78 is 5.10. The zero-order valence-electron chi connectivity index (χ0n) is 18.4. The lowest BCUT2D eigenvalue weighted by molar-refractivity contribution is 0.0531. The Labute approximate surface area is 200 Å². The molecule has 172 valence electrons. The van der Waals surface area contributed by atoms with Crippen LogP contribution in [0.25, 0.3) is 0 Å². The van der Waals surface area contributed by atoms with Gasteiger partial charge in [0.15, 0.2) is 5.96 Å². The van der Waals surface area contributed by atoms with Crippen molar-refractivity contribution in [3.63, 3.8) is 0 Å². The number of thiazole rings is 1. The van der Waals surface area contributed by atoms with E-state index >= 15 is 0 Å². The molecule has 1 fully saturated rings. The number of esters is 1. The molecule has 0 radical (unpaired) electrons. The van der Waals surface area contributed by atoms with Crippen LogP contribution in [-0.2, 0) is 4.74 Å². The molecule has 0 saturated carbocycles. The summed E-state index contributed by atoms with van der Waals surface area (Å²) in [6, 6.07) is -0.0664. The standard InChI is InChI=1S/C20H35N5O3S.HI/c1-5-21-20(22-10-7-11-25-12-8-16(26)9-13-25)24-15(4)18-23-14(3)17(29-18)19(27)28-6-2;/h15-16,26H,5-13H2,1-4H3,(H2,21,22,24);1H. The molecule has 1 aliphatic rings. The Morgan fingerprint density at radius 2 is 2.10 bits per heavy atom. The first-order valence-corrected chi connectivity index (χ1v) is 11.4. The van der Waals surface area contributed by atoms with Crippen LogP contribution in [-0.4, -0.2) is 72.4 Å². The molecule has 8 nitrogen and oxygen atoms in total. The van der Waals surface area contributed by atoms with Crippen molar-refractivity contribution in [1.82, 2.24) is 20.5 Å². The summed E-state index contributed by atoms with van der Waals surface area (Å²) in [5, 5.41) is 17.1. The van der Waals surface area contributed by atoms with Gasteiger partial charge in [0.1, 0.15) is 9.88 Å². The monoisotopic (exact) mass is 553 g/mol. The number of ether oxygens (including phenoxy) is 1. The van der Waals surface area contributed by atoms with Crippen molar-refractivity contribution in [2.45, 2.75) is 59.1 Å². The Balaban J connectivity index is 0.00000450. The summed E-state index contributed by atoms with van der Waals surface area (Å²) in [5.41, 5.74) is 0.700. The third-order valence-electron chi connectivity index (χ3n) is 4.80. The molecule has 2 rings (SSSR count). The summed E-state index contributed by atoms with van der Waals surface area (Å²) in [6.45, 7) is 12.5. The van der Waals surface area contributed by atoms with Gasteiger partial charge in [0.05, 0.1) is 24.4 Å². The maximum absolute atomic E-state index is 12.0. The highest BCUT2D eigenvalue weighted by Crippen LogP contribution is 2.24. The van der Waals surface area contributed by atoms with E-state index in [1.165, 1.54) is 11.3 Å². The molecule has 10 heteroatoms. The van der Waals surface area contributed by atoms with Crippen molar-refractivity contribution in [2.75, 3.05) is 39.3 Å². The molecule has 1 unspecified atom stereocenters. The lowest BCUT2D eigenvalue weighted by Gasteiger charge is -2.29. The Morgan fingerprint density at radius 3 is 2.73 bits per heavy atom. The van der Waals surface area contributed by atoms with E-state index in [1.54, 1.807) is 6.92 Å². The lowest BCUT2D eigenvalue weighted by atomic mass is 10.1. The number of nitrogens with one attached hydrogen (secondary N) is 2. The Bertz CT molecular complexity index is 677. The molecule has 0 spiro atoms. The fraction of sp³-hybridized carbons (Fsp3) is 0.750. The summed E-state index contributed by atoms with van der Waals surface area (Å²) in [4.78, 5) is 24.2. The number of nitrogens with zero attached hydrogens (tertiary/aromatic N) is 3. The molecule has 1 aliphatic heterocycles. The van der Waals surface area contributed by atoms with Crippen LogP contribution in [0, 0.1) is 6.92 Å². The number of carbonyl (C=O) groups excluding carboxylic acids is 1. The third kappa shape index (κ3) is 8.64. The van der Waals surface area contributed by atoms with Gasteiger partial charge in [0.25, 0.3) is 0 Å². The molecule has 2 heterocycles. The van der Waals surface area contributed by atoms with Crippen molar-refractivity contribution in [1.29, 1.82) is 0 Å². The van der Waals surface area contributed by atoms with E-state index in [-0.39, 0.29) is 42.1 Å². The maximum Gasteiger partial charge on any atom is 0.350 e. The minimum Gasteiger partial charge on any atom is -0.462 e. The van der Waals surface area contributed by atoms with Crippen molar-refractivity contribution in [2.24, 2.45) is 4.99 Å². The first kappa shape index (κ1) is 27.1. The van der Waals surface area contributed by atoms with Gasteiger partial charge >= 0.3 is 5.97 Å². The minimum atomic E-state index is -0.313. The van der Waals surface area contributed by atoms with Crippen molar-refractivity contribution in [3.05, 3.63) is 15.6 Å². The van der Waals surface area contributed by atoms with Crippen molar-refractivity contribution in [3.8, 4) is 0 Å². The number of aliphatic hydroxyl groups is 1. The normalized spacial score (nSPS) is 16.6. The fourth-order valence-electron chi connectivity index (χ4n) is 3.20. The van der Waals surface area contributed by atoms with Gasteiger partial charge in [-0.25, -0.2) is 9.78 Å². The van der Waals surface area contributed by atoms with Gasteiger partial charge in [0, 0.05) is 26.2 Å². The van der Waals surface area contributed by atoms with Crippen LogP contribution >= 0.6 is 35.3 Å². The van der Waals surface area contributed by atoms with Gasteiger partial charge in [-0.15, -0.1) is 35.3 Å². The number of likely N-dealkylation sites (tertiary alicyclic amines) is 1. The molecule has 1 aromatic rings. The van der Waals surface area contributed by atoms with Crippen LogP contribution < -0.4 is 10.6 Å². The lowest BCUT2D eigenvalue weighted by Crippen LogP contribution is -2.39. The molecular formula is C20H36IN5O3S. The largest absolute Gasteiger partial charge is 0.462 e. The predicted octanol–water partition coefficient (Wildman–Crippen LogP) is 2.71. The highest BCUT2D eigenvalue weighted by Gasteiger charge is 2.20. The number of aliphatic hydroxyl groups excluding tert-OH is 1. The second-order valence-corrected chi connectivity index (χ2v) is 8.27. The van der Waals surface area contributed by atoms with E-state index in [0.29, 0.717) is 17.2 Å². The second-order valence-electron chi connectivity index (χ2n) is 7.24. The maximum atomic E-state index is 12.0. The second kappa shape index (κ2) is 14.2. The van der Waals surface area contributed by atoms with Gasteiger partial charge in [-0.05, 0) is 53.5 Å². The van der Waals surface area contributed by atoms with E-state index in [1.807, 2.05) is 20.8 Å². The summed E-state index contributed by atoms with van der Waals surface area (Å²) >= 11 is 1.36. The molecule has 0 bridgehead atoms. The van der Waals surface area contributed by atoms with Gasteiger partial charge in [0.2, 0.25) is 0 Å². The molecule has 1 saturated heterocycles. The number of guanidine groups is 1. The highest BCUT2D eigenvalue weighted by atomic mass is 127. The molecule has 0 aromatic carbocycles. The van der Waals surface area contributed by atoms with E-state index in [9.17, 15) is 9.90 Å². The van der Waals surface area contributed by atoms with Crippen LogP contribution in [0.1, 0.15) is 66.4 Å². The van der Waals surface area contributed by atoms with E-state index < -0.39 is 0 Å². The Kier molecular flexibility index (Phi) is 12.8. The van der Waals surface area contributed by atoms with Crippen LogP contribution in [0.2, 0.25) is 0 Å².